The van der Waals surface area contributed by atoms with E-state index in [-0.39, 0.29) is 30.8 Å². The molecule has 9 nitrogen and oxygen atoms in total. The van der Waals surface area contributed by atoms with Crippen molar-refractivity contribution >= 4 is 35.2 Å². The number of hydrogen-bond donors (Lipinski definition) is 4. The summed E-state index contributed by atoms with van der Waals surface area (Å²) in [5.41, 5.74) is 1.72. The van der Waals surface area contributed by atoms with Crippen molar-refractivity contribution in [3.05, 3.63) is 59.7 Å². The molecule has 2 rings (SSSR count). The second-order valence-electron chi connectivity index (χ2n) is 8.05. The Kier molecular flexibility index (Phi) is 8.34. The standard InChI is InChI=1S/C23H28N4O5/c1-15(28)26-19-7-5-6-17(12-19)21(30)27-18-10-8-16(9-11-18)13-24-20(29)14-25-22(31)32-23(2,3)4/h5-12H,13-14H2,1-4H3,(H,24,29)(H,25,31)(H,26,28)(H,27,30). The smallest absolute Gasteiger partial charge is 0.408 e. The molecule has 0 aliphatic rings. The van der Waals surface area contributed by atoms with E-state index in [9.17, 15) is 19.2 Å². The Labute approximate surface area is 186 Å². The van der Waals surface area contributed by atoms with Gasteiger partial charge in [-0.3, -0.25) is 14.4 Å². The predicted octanol–water partition coefficient (Wildman–Crippen LogP) is 3.04. The van der Waals surface area contributed by atoms with Crippen LogP contribution in [-0.4, -0.2) is 36.0 Å². The van der Waals surface area contributed by atoms with E-state index in [0.717, 1.165) is 5.56 Å². The highest BCUT2D eigenvalue weighted by Gasteiger charge is 2.16. The minimum absolute atomic E-state index is 0.194. The molecule has 9 heteroatoms. The molecule has 0 atom stereocenters. The number of hydrogen-bond acceptors (Lipinski definition) is 5. The molecule has 0 aromatic heterocycles. The summed E-state index contributed by atoms with van der Waals surface area (Å²) in [7, 11) is 0. The topological polar surface area (TPSA) is 126 Å². The summed E-state index contributed by atoms with van der Waals surface area (Å²) < 4.78 is 5.07. The van der Waals surface area contributed by atoms with Gasteiger partial charge in [0.1, 0.15) is 12.1 Å². The van der Waals surface area contributed by atoms with Crippen molar-refractivity contribution < 1.29 is 23.9 Å². The highest BCUT2D eigenvalue weighted by molar-refractivity contribution is 6.05. The van der Waals surface area contributed by atoms with Crippen molar-refractivity contribution in [2.45, 2.75) is 39.8 Å². The molecular weight excluding hydrogens is 412 g/mol. The second kappa shape index (κ2) is 10.9. The average molecular weight is 441 g/mol. The van der Waals surface area contributed by atoms with E-state index in [1.54, 1.807) is 69.3 Å². The van der Waals surface area contributed by atoms with E-state index >= 15 is 0 Å². The van der Waals surface area contributed by atoms with Crippen LogP contribution in [0.15, 0.2) is 48.5 Å². The monoisotopic (exact) mass is 440 g/mol. The van der Waals surface area contributed by atoms with Crippen molar-refractivity contribution in [3.63, 3.8) is 0 Å². The third kappa shape index (κ3) is 8.86. The van der Waals surface area contributed by atoms with Crippen LogP contribution in [0.1, 0.15) is 43.6 Å². The number of nitrogens with one attached hydrogen (secondary N) is 4. The summed E-state index contributed by atoms with van der Waals surface area (Å²) in [5.74, 6) is -0.885. The van der Waals surface area contributed by atoms with Gasteiger partial charge in [-0.05, 0) is 56.7 Å². The maximum atomic E-state index is 12.4. The average Bonchev–Trinajstić information content (AvgIpc) is 2.70. The SMILES string of the molecule is CC(=O)Nc1cccc(C(=O)Nc2ccc(CNC(=O)CNC(=O)OC(C)(C)C)cc2)c1. The molecule has 0 saturated heterocycles. The highest BCUT2D eigenvalue weighted by atomic mass is 16.6. The molecule has 2 aromatic rings. The maximum absolute atomic E-state index is 12.4. The third-order valence-corrected chi connectivity index (χ3v) is 3.94. The zero-order chi connectivity index (χ0) is 23.7. The molecule has 0 bridgehead atoms. The highest BCUT2D eigenvalue weighted by Crippen LogP contribution is 2.14. The zero-order valence-corrected chi connectivity index (χ0v) is 18.6. The van der Waals surface area contributed by atoms with E-state index in [1.807, 2.05) is 0 Å². The van der Waals surface area contributed by atoms with Crippen molar-refractivity contribution in [1.29, 1.82) is 0 Å². The Bertz CT molecular complexity index is 981. The number of rotatable bonds is 7. The van der Waals surface area contributed by atoms with Crippen molar-refractivity contribution in [3.8, 4) is 0 Å². The maximum Gasteiger partial charge on any atom is 0.408 e. The van der Waals surface area contributed by atoms with Crippen LogP contribution < -0.4 is 21.3 Å². The molecule has 2 aromatic carbocycles. The summed E-state index contributed by atoms with van der Waals surface area (Å²) in [6.07, 6.45) is -0.657. The molecule has 0 spiro atoms. The predicted molar refractivity (Wildman–Crippen MR) is 121 cm³/mol. The van der Waals surface area contributed by atoms with Crippen LogP contribution in [0.2, 0.25) is 0 Å². The lowest BCUT2D eigenvalue weighted by molar-refractivity contribution is -0.120. The Balaban J connectivity index is 1.82. The van der Waals surface area contributed by atoms with Crippen LogP contribution in [0, 0.1) is 0 Å². The summed E-state index contributed by atoms with van der Waals surface area (Å²) >= 11 is 0. The number of anilines is 2. The van der Waals surface area contributed by atoms with E-state index in [2.05, 4.69) is 21.3 Å². The van der Waals surface area contributed by atoms with Crippen molar-refractivity contribution in [1.82, 2.24) is 10.6 Å². The van der Waals surface area contributed by atoms with Gasteiger partial charge in [-0.25, -0.2) is 4.79 Å². The number of alkyl carbamates (subject to hydrolysis) is 1. The van der Waals surface area contributed by atoms with Gasteiger partial charge in [0, 0.05) is 30.4 Å². The molecule has 170 valence electrons. The lowest BCUT2D eigenvalue weighted by Crippen LogP contribution is -2.39. The Hall–Kier alpha value is -3.88. The minimum atomic E-state index is -0.657. The second-order valence-corrected chi connectivity index (χ2v) is 8.05. The summed E-state index contributed by atoms with van der Waals surface area (Å²) in [4.78, 5) is 47.1. The van der Waals surface area contributed by atoms with Gasteiger partial charge in [0.2, 0.25) is 11.8 Å². The van der Waals surface area contributed by atoms with Gasteiger partial charge in [0.15, 0.2) is 0 Å². The van der Waals surface area contributed by atoms with E-state index in [1.165, 1.54) is 6.92 Å². The minimum Gasteiger partial charge on any atom is -0.444 e. The van der Waals surface area contributed by atoms with E-state index in [4.69, 9.17) is 4.74 Å². The van der Waals surface area contributed by atoms with Gasteiger partial charge < -0.3 is 26.0 Å². The molecule has 4 N–H and O–H groups in total. The number of carbonyl (C=O) groups excluding carboxylic acids is 4. The van der Waals surface area contributed by atoms with Gasteiger partial charge in [0.25, 0.3) is 5.91 Å². The molecule has 32 heavy (non-hydrogen) atoms. The third-order valence-electron chi connectivity index (χ3n) is 3.94. The molecule has 0 aliphatic heterocycles. The first-order valence-corrected chi connectivity index (χ1v) is 10.0. The lowest BCUT2D eigenvalue weighted by atomic mass is 10.1. The molecule has 0 fully saturated rings. The largest absolute Gasteiger partial charge is 0.444 e. The fraction of sp³-hybridized carbons (Fsp3) is 0.304. The van der Waals surface area contributed by atoms with Gasteiger partial charge >= 0.3 is 6.09 Å². The molecular formula is C23H28N4O5. The van der Waals surface area contributed by atoms with Crippen LogP contribution >= 0.6 is 0 Å². The van der Waals surface area contributed by atoms with Crippen LogP contribution in [0.3, 0.4) is 0 Å². The number of carbonyl (C=O) groups is 4. The quantitative estimate of drug-likeness (QED) is 0.527. The van der Waals surface area contributed by atoms with Crippen molar-refractivity contribution in [2.24, 2.45) is 0 Å². The van der Waals surface area contributed by atoms with Gasteiger partial charge in [-0.2, -0.15) is 0 Å². The summed E-state index contributed by atoms with van der Waals surface area (Å²) in [6.45, 7) is 6.68. The lowest BCUT2D eigenvalue weighted by Gasteiger charge is -2.19. The van der Waals surface area contributed by atoms with Crippen LogP contribution in [0.25, 0.3) is 0 Å². The molecule has 0 unspecified atom stereocenters. The Morgan fingerprint density at radius 2 is 1.56 bits per heavy atom. The normalized spacial score (nSPS) is 10.6. The first-order valence-electron chi connectivity index (χ1n) is 10.0. The Morgan fingerprint density at radius 3 is 2.19 bits per heavy atom. The molecule has 0 heterocycles. The number of benzene rings is 2. The summed E-state index contributed by atoms with van der Waals surface area (Å²) in [6, 6.07) is 13.6. The fourth-order valence-corrected chi connectivity index (χ4v) is 2.58. The Morgan fingerprint density at radius 1 is 0.875 bits per heavy atom. The molecule has 4 amide bonds. The fourth-order valence-electron chi connectivity index (χ4n) is 2.58. The molecule has 0 radical (unpaired) electrons. The number of amides is 4. The van der Waals surface area contributed by atoms with Gasteiger partial charge in [-0.1, -0.05) is 18.2 Å². The summed E-state index contributed by atoms with van der Waals surface area (Å²) in [5, 5.41) is 10.5. The first-order chi connectivity index (χ1) is 15.0. The molecule has 0 saturated carbocycles. The van der Waals surface area contributed by atoms with Crippen LogP contribution in [0.4, 0.5) is 16.2 Å². The first kappa shape index (κ1) is 24.4. The van der Waals surface area contributed by atoms with Crippen molar-refractivity contribution in [2.75, 3.05) is 17.2 Å². The number of ether oxygens (including phenoxy) is 1. The van der Waals surface area contributed by atoms with Gasteiger partial charge in [0.05, 0.1) is 0 Å². The zero-order valence-electron chi connectivity index (χ0n) is 18.6. The van der Waals surface area contributed by atoms with Gasteiger partial charge in [-0.15, -0.1) is 0 Å². The van der Waals surface area contributed by atoms with E-state index in [0.29, 0.717) is 16.9 Å². The van der Waals surface area contributed by atoms with E-state index < -0.39 is 11.7 Å². The van der Waals surface area contributed by atoms with Crippen LogP contribution in [-0.2, 0) is 20.9 Å². The molecule has 0 aliphatic carbocycles. The van der Waals surface area contributed by atoms with Crippen LogP contribution in [0.5, 0.6) is 0 Å².